The zero-order chi connectivity index (χ0) is 21.6. The highest BCUT2D eigenvalue weighted by Crippen LogP contribution is 2.27. The number of carbonyl (C=O) groups is 2. The van der Waals surface area contributed by atoms with Crippen LogP contribution in [0.25, 0.3) is 0 Å². The van der Waals surface area contributed by atoms with E-state index in [1.165, 1.54) is 44.5 Å². The van der Waals surface area contributed by atoms with Crippen LogP contribution in [0.4, 0.5) is 5.69 Å². The molecule has 1 N–H and O–H groups in total. The van der Waals surface area contributed by atoms with Crippen LogP contribution < -0.4 is 10.1 Å². The fourth-order valence-electron chi connectivity index (χ4n) is 2.21. The van der Waals surface area contributed by atoms with E-state index in [2.05, 4.69) is 5.32 Å². The lowest BCUT2D eigenvalue weighted by atomic mass is 10.3. The smallest absolute Gasteiger partial charge is 0.321 e. The molecule has 0 unspecified atom stereocenters. The van der Waals surface area contributed by atoms with Gasteiger partial charge in [-0.15, -0.1) is 0 Å². The first-order valence-electron chi connectivity index (χ1n) is 8.14. The van der Waals surface area contributed by atoms with Crippen LogP contribution in [0, 0.1) is 0 Å². The summed E-state index contributed by atoms with van der Waals surface area (Å²) in [6.07, 6.45) is 0. The number of esters is 1. The molecular weight excluding hydrogens is 443 g/mol. The SMILES string of the molecule is COc1ccc(Cl)cc1NC(=O)COC(=O)CN(C)S(=O)(=O)c1ccc(Cl)cc1. The van der Waals surface area contributed by atoms with Crippen molar-refractivity contribution in [2.45, 2.75) is 4.90 Å². The Balaban J connectivity index is 1.91. The molecule has 0 heterocycles. The molecule has 0 atom stereocenters. The van der Waals surface area contributed by atoms with Gasteiger partial charge in [0, 0.05) is 17.1 Å². The minimum atomic E-state index is -3.91. The molecule has 0 aromatic heterocycles. The van der Waals surface area contributed by atoms with Gasteiger partial charge >= 0.3 is 5.97 Å². The molecule has 0 spiro atoms. The summed E-state index contributed by atoms with van der Waals surface area (Å²) in [4.78, 5) is 23.9. The normalized spacial score (nSPS) is 11.2. The van der Waals surface area contributed by atoms with Gasteiger partial charge in [0.15, 0.2) is 6.61 Å². The standard InChI is InChI=1S/C18H18Cl2N2O6S/c1-22(29(25,26)14-6-3-12(19)4-7-14)10-18(24)28-11-17(23)21-15-9-13(20)5-8-16(15)27-2/h3-9H,10-11H2,1-2H3,(H,21,23). The number of likely N-dealkylation sites (N-methyl/N-ethyl adjacent to an activating group) is 1. The number of anilines is 1. The molecule has 0 bridgehead atoms. The number of methoxy groups -OCH3 is 1. The minimum Gasteiger partial charge on any atom is -0.495 e. The third-order valence-corrected chi connectivity index (χ3v) is 5.98. The number of halogens is 2. The lowest BCUT2D eigenvalue weighted by Crippen LogP contribution is -2.34. The molecule has 0 saturated heterocycles. The number of ether oxygens (including phenoxy) is 2. The molecule has 0 aliphatic carbocycles. The van der Waals surface area contributed by atoms with Gasteiger partial charge in [-0.1, -0.05) is 23.2 Å². The fourth-order valence-corrected chi connectivity index (χ4v) is 3.62. The number of sulfonamides is 1. The van der Waals surface area contributed by atoms with Crippen molar-refractivity contribution in [1.29, 1.82) is 0 Å². The van der Waals surface area contributed by atoms with Crippen molar-refractivity contribution in [3.05, 3.63) is 52.5 Å². The van der Waals surface area contributed by atoms with Gasteiger partial charge in [-0.2, -0.15) is 4.31 Å². The molecule has 0 aliphatic rings. The molecule has 8 nitrogen and oxygen atoms in total. The van der Waals surface area contributed by atoms with E-state index in [0.29, 0.717) is 21.5 Å². The predicted molar refractivity (Wildman–Crippen MR) is 109 cm³/mol. The van der Waals surface area contributed by atoms with Crippen LogP contribution in [-0.4, -0.2) is 51.9 Å². The molecule has 1 amide bonds. The Morgan fingerprint density at radius 1 is 1.07 bits per heavy atom. The molecule has 2 aromatic rings. The van der Waals surface area contributed by atoms with E-state index in [4.69, 9.17) is 32.7 Å². The maximum atomic E-state index is 12.4. The highest BCUT2D eigenvalue weighted by molar-refractivity contribution is 7.89. The minimum absolute atomic E-state index is 0.0250. The van der Waals surface area contributed by atoms with Gasteiger partial charge in [0.25, 0.3) is 5.91 Å². The second kappa shape index (κ2) is 9.93. The average Bonchev–Trinajstić information content (AvgIpc) is 2.67. The molecule has 0 radical (unpaired) electrons. The summed E-state index contributed by atoms with van der Waals surface area (Å²) in [6.45, 7) is -1.18. The lowest BCUT2D eigenvalue weighted by Gasteiger charge is -2.16. The first kappa shape index (κ1) is 23.0. The number of benzene rings is 2. The van der Waals surface area contributed by atoms with Crippen LogP contribution in [0.15, 0.2) is 47.4 Å². The topological polar surface area (TPSA) is 102 Å². The second-order valence-electron chi connectivity index (χ2n) is 5.77. The summed E-state index contributed by atoms with van der Waals surface area (Å²) in [6, 6.07) is 10.1. The number of nitrogens with one attached hydrogen (secondary N) is 1. The maximum Gasteiger partial charge on any atom is 0.321 e. The third kappa shape index (κ3) is 6.33. The van der Waals surface area contributed by atoms with Gasteiger partial charge in [0.1, 0.15) is 12.3 Å². The van der Waals surface area contributed by atoms with E-state index in [-0.39, 0.29) is 4.90 Å². The zero-order valence-corrected chi connectivity index (χ0v) is 17.8. The molecule has 156 valence electrons. The Hall–Kier alpha value is -2.33. The Labute approximate surface area is 178 Å². The first-order valence-corrected chi connectivity index (χ1v) is 10.3. The van der Waals surface area contributed by atoms with E-state index < -0.39 is 35.1 Å². The van der Waals surface area contributed by atoms with Gasteiger partial charge in [0.2, 0.25) is 10.0 Å². The maximum absolute atomic E-state index is 12.4. The van der Waals surface area contributed by atoms with Gasteiger partial charge in [-0.3, -0.25) is 9.59 Å². The summed E-state index contributed by atoms with van der Waals surface area (Å²) in [5, 5.41) is 3.27. The zero-order valence-electron chi connectivity index (χ0n) is 15.5. The Morgan fingerprint density at radius 2 is 1.69 bits per heavy atom. The van der Waals surface area contributed by atoms with Crippen LogP contribution in [0.5, 0.6) is 5.75 Å². The van der Waals surface area contributed by atoms with Crippen LogP contribution in [0.3, 0.4) is 0 Å². The van der Waals surface area contributed by atoms with Crippen molar-refractivity contribution >= 4 is 50.8 Å². The van der Waals surface area contributed by atoms with Gasteiger partial charge in [-0.25, -0.2) is 8.42 Å². The van der Waals surface area contributed by atoms with E-state index in [0.717, 1.165) is 4.31 Å². The number of carbonyl (C=O) groups excluding carboxylic acids is 2. The predicted octanol–water partition coefficient (Wildman–Crippen LogP) is 2.80. The average molecular weight is 461 g/mol. The largest absolute Gasteiger partial charge is 0.495 e. The number of rotatable bonds is 8. The van der Waals surface area contributed by atoms with E-state index in [1.807, 2.05) is 0 Å². The summed E-state index contributed by atoms with van der Waals surface area (Å²) in [5.74, 6) is -1.15. The highest BCUT2D eigenvalue weighted by atomic mass is 35.5. The fraction of sp³-hybridized carbons (Fsp3) is 0.222. The monoisotopic (exact) mass is 460 g/mol. The van der Waals surface area contributed by atoms with Gasteiger partial charge in [-0.05, 0) is 42.5 Å². The quantitative estimate of drug-likeness (QED) is 0.607. The van der Waals surface area contributed by atoms with Crippen LogP contribution in [-0.2, 0) is 24.3 Å². The lowest BCUT2D eigenvalue weighted by molar-refractivity contribution is -0.147. The number of nitrogens with zero attached hydrogens (tertiary/aromatic N) is 1. The Bertz CT molecular complexity index is 996. The van der Waals surface area contributed by atoms with Crippen molar-refractivity contribution in [2.75, 3.05) is 32.6 Å². The molecule has 0 fully saturated rings. The summed E-state index contributed by atoms with van der Waals surface area (Å²) in [7, 11) is -1.26. The van der Waals surface area contributed by atoms with Crippen molar-refractivity contribution in [3.63, 3.8) is 0 Å². The van der Waals surface area contributed by atoms with Crippen molar-refractivity contribution in [3.8, 4) is 5.75 Å². The third-order valence-electron chi connectivity index (χ3n) is 3.67. The molecule has 11 heteroatoms. The van der Waals surface area contributed by atoms with E-state index >= 15 is 0 Å². The van der Waals surface area contributed by atoms with Gasteiger partial charge in [0.05, 0.1) is 17.7 Å². The number of amides is 1. The van der Waals surface area contributed by atoms with Crippen molar-refractivity contribution in [2.24, 2.45) is 0 Å². The summed E-state index contributed by atoms with van der Waals surface area (Å²) in [5.41, 5.74) is 0.309. The molecule has 29 heavy (non-hydrogen) atoms. The second-order valence-corrected chi connectivity index (χ2v) is 8.69. The molecule has 0 saturated carbocycles. The Kier molecular flexibility index (Phi) is 7.86. The summed E-state index contributed by atoms with van der Waals surface area (Å²) < 4.78 is 35.6. The van der Waals surface area contributed by atoms with Crippen molar-refractivity contribution < 1.29 is 27.5 Å². The number of hydrogen-bond acceptors (Lipinski definition) is 6. The van der Waals surface area contributed by atoms with Gasteiger partial charge < -0.3 is 14.8 Å². The summed E-state index contributed by atoms with van der Waals surface area (Å²) >= 11 is 11.6. The molecule has 2 rings (SSSR count). The number of hydrogen-bond donors (Lipinski definition) is 1. The Morgan fingerprint density at radius 3 is 2.31 bits per heavy atom. The van der Waals surface area contributed by atoms with Crippen molar-refractivity contribution in [1.82, 2.24) is 4.31 Å². The van der Waals surface area contributed by atoms with Crippen LogP contribution in [0.1, 0.15) is 0 Å². The van der Waals surface area contributed by atoms with E-state index in [1.54, 1.807) is 12.1 Å². The van der Waals surface area contributed by atoms with Crippen LogP contribution in [0.2, 0.25) is 10.0 Å². The first-order chi connectivity index (χ1) is 13.6. The molecular formula is C18H18Cl2N2O6S. The van der Waals surface area contributed by atoms with E-state index in [9.17, 15) is 18.0 Å². The van der Waals surface area contributed by atoms with Crippen LogP contribution >= 0.6 is 23.2 Å². The molecule has 0 aliphatic heterocycles. The molecule has 2 aromatic carbocycles. The highest BCUT2D eigenvalue weighted by Gasteiger charge is 2.24.